The Morgan fingerprint density at radius 2 is 1.91 bits per heavy atom. The summed E-state index contributed by atoms with van der Waals surface area (Å²) < 4.78 is 6.00. The fourth-order valence-electron chi connectivity index (χ4n) is 3.67. The molecule has 0 aromatic heterocycles. The van der Waals surface area contributed by atoms with E-state index < -0.39 is 19.0 Å². The van der Waals surface area contributed by atoms with Gasteiger partial charge in [0.1, 0.15) is 11.9 Å². The molecule has 172 valence electrons. The van der Waals surface area contributed by atoms with Crippen molar-refractivity contribution in [2.24, 2.45) is 0 Å². The van der Waals surface area contributed by atoms with Crippen LogP contribution in [0.3, 0.4) is 0 Å². The lowest BCUT2D eigenvalue weighted by atomic mass is 9.75. The molecule has 0 saturated carbocycles. The zero-order chi connectivity index (χ0) is 22.4. The molecule has 0 spiro atoms. The summed E-state index contributed by atoms with van der Waals surface area (Å²) in [5.41, 5.74) is 1.43. The zero-order valence-corrected chi connectivity index (χ0v) is 18.6. The van der Waals surface area contributed by atoms with Crippen LogP contribution in [-0.4, -0.2) is 71.2 Å². The summed E-state index contributed by atoms with van der Waals surface area (Å²) in [5.74, 6) is -1.71. The molecule has 2 aromatic carbocycles. The number of halogens is 1. The summed E-state index contributed by atoms with van der Waals surface area (Å²) in [4.78, 5) is 25.8. The van der Waals surface area contributed by atoms with Crippen LogP contribution in [0.15, 0.2) is 48.5 Å². The maximum absolute atomic E-state index is 12.5. The number of likely N-dealkylation sites (tertiary alicyclic amines) is 1. The van der Waals surface area contributed by atoms with Crippen molar-refractivity contribution in [2.75, 3.05) is 20.1 Å². The van der Waals surface area contributed by atoms with E-state index in [-0.39, 0.29) is 42.8 Å². The average molecular weight is 463 g/mol. The standard InChI is InChI=1S/C22H27BN2O6.ClH/c1-25-9-8-19(14-25)31-18-7-3-5-16(11-18)13-21(26)24-20(23(29)30)12-15-4-2-6-17(10-15)22(27)28;/h2-7,10-11,19-20,29-30H,8-9,12-14H2,1H3,(H,24,26)(H,27,28);1H/t19?,20-;/m0./s1. The Labute approximate surface area is 193 Å². The first kappa shape index (κ1) is 25.7. The maximum atomic E-state index is 12.5. The Morgan fingerprint density at radius 1 is 1.19 bits per heavy atom. The molecule has 1 amide bonds. The van der Waals surface area contributed by atoms with Gasteiger partial charge >= 0.3 is 13.1 Å². The van der Waals surface area contributed by atoms with Crippen LogP contribution in [0.25, 0.3) is 0 Å². The summed E-state index contributed by atoms with van der Waals surface area (Å²) in [7, 11) is 0.264. The predicted molar refractivity (Wildman–Crippen MR) is 123 cm³/mol. The van der Waals surface area contributed by atoms with Crippen molar-refractivity contribution in [3.63, 3.8) is 0 Å². The van der Waals surface area contributed by atoms with Crippen LogP contribution in [0.4, 0.5) is 0 Å². The van der Waals surface area contributed by atoms with Crippen LogP contribution in [0.2, 0.25) is 0 Å². The number of carbonyl (C=O) groups is 2. The van der Waals surface area contributed by atoms with Crippen molar-refractivity contribution in [1.82, 2.24) is 10.2 Å². The second-order valence-electron chi connectivity index (χ2n) is 7.91. The fraction of sp³-hybridized carbons (Fsp3) is 0.364. The van der Waals surface area contributed by atoms with Gasteiger partial charge in [-0.05, 0) is 55.3 Å². The lowest BCUT2D eigenvalue weighted by molar-refractivity contribution is -0.120. The Bertz CT molecular complexity index is 929. The topological polar surface area (TPSA) is 119 Å². The van der Waals surface area contributed by atoms with E-state index in [0.717, 1.165) is 25.1 Å². The maximum Gasteiger partial charge on any atom is 0.475 e. The number of carboxylic acids is 1. The highest BCUT2D eigenvalue weighted by Crippen LogP contribution is 2.19. The van der Waals surface area contributed by atoms with Crippen molar-refractivity contribution >= 4 is 31.4 Å². The molecule has 2 aromatic rings. The summed E-state index contributed by atoms with van der Waals surface area (Å²) in [6.07, 6.45) is 1.23. The number of nitrogens with one attached hydrogen (secondary N) is 1. The number of amides is 1. The van der Waals surface area contributed by atoms with Crippen LogP contribution < -0.4 is 10.1 Å². The van der Waals surface area contributed by atoms with Crippen LogP contribution in [0, 0.1) is 0 Å². The molecular formula is C22H28BClN2O6. The van der Waals surface area contributed by atoms with Gasteiger partial charge in [-0.15, -0.1) is 12.4 Å². The van der Waals surface area contributed by atoms with E-state index in [4.69, 9.17) is 9.84 Å². The van der Waals surface area contributed by atoms with Gasteiger partial charge in [0.15, 0.2) is 0 Å². The molecule has 1 heterocycles. The van der Waals surface area contributed by atoms with Crippen molar-refractivity contribution in [1.29, 1.82) is 0 Å². The highest BCUT2D eigenvalue weighted by atomic mass is 35.5. The molecule has 10 heteroatoms. The van der Waals surface area contributed by atoms with E-state index in [0.29, 0.717) is 11.3 Å². The number of ether oxygens (including phenoxy) is 1. The van der Waals surface area contributed by atoms with Crippen molar-refractivity contribution in [3.8, 4) is 5.75 Å². The summed E-state index contributed by atoms with van der Waals surface area (Å²) in [6, 6.07) is 13.5. The van der Waals surface area contributed by atoms with Crippen LogP contribution in [0.1, 0.15) is 27.9 Å². The SMILES string of the molecule is CN1CCC(Oc2cccc(CC(=O)N[C@@H](Cc3cccc(C(=O)O)c3)B(O)O)c2)C1.Cl. The highest BCUT2D eigenvalue weighted by molar-refractivity contribution is 6.43. The zero-order valence-electron chi connectivity index (χ0n) is 17.8. The van der Waals surface area contributed by atoms with E-state index in [1.807, 2.05) is 31.3 Å². The number of aromatic carboxylic acids is 1. The third kappa shape index (κ3) is 7.53. The quantitative estimate of drug-likeness (QED) is 0.413. The van der Waals surface area contributed by atoms with Gasteiger partial charge < -0.3 is 30.1 Å². The highest BCUT2D eigenvalue weighted by Gasteiger charge is 2.26. The molecule has 0 aliphatic carbocycles. The minimum atomic E-state index is -1.79. The first-order valence-corrected chi connectivity index (χ1v) is 10.2. The fourth-order valence-corrected chi connectivity index (χ4v) is 3.67. The van der Waals surface area contributed by atoms with Crippen LogP contribution >= 0.6 is 12.4 Å². The van der Waals surface area contributed by atoms with Gasteiger partial charge in [0, 0.05) is 13.1 Å². The molecule has 32 heavy (non-hydrogen) atoms. The van der Waals surface area contributed by atoms with Gasteiger partial charge in [-0.3, -0.25) is 4.79 Å². The molecule has 4 N–H and O–H groups in total. The smallest absolute Gasteiger partial charge is 0.475 e. The second-order valence-corrected chi connectivity index (χ2v) is 7.91. The molecule has 8 nitrogen and oxygen atoms in total. The summed E-state index contributed by atoms with van der Waals surface area (Å²) in [6.45, 7) is 1.86. The van der Waals surface area contributed by atoms with Gasteiger partial charge in [-0.2, -0.15) is 0 Å². The number of hydrogen-bond donors (Lipinski definition) is 4. The van der Waals surface area contributed by atoms with E-state index >= 15 is 0 Å². The Balaban J connectivity index is 0.00000363. The molecule has 1 saturated heterocycles. The molecule has 3 rings (SSSR count). The lowest BCUT2D eigenvalue weighted by Crippen LogP contribution is -2.48. The first-order chi connectivity index (χ1) is 14.8. The Morgan fingerprint density at radius 3 is 2.56 bits per heavy atom. The minimum absolute atomic E-state index is 0. The van der Waals surface area contributed by atoms with E-state index in [9.17, 15) is 19.6 Å². The third-order valence-electron chi connectivity index (χ3n) is 5.25. The first-order valence-electron chi connectivity index (χ1n) is 10.2. The molecule has 1 aliphatic rings. The largest absolute Gasteiger partial charge is 0.489 e. The molecule has 0 radical (unpaired) electrons. The summed E-state index contributed by atoms with van der Waals surface area (Å²) in [5, 5.41) is 31.1. The number of nitrogens with zero attached hydrogens (tertiary/aromatic N) is 1. The van der Waals surface area contributed by atoms with Crippen LogP contribution in [0.5, 0.6) is 5.75 Å². The minimum Gasteiger partial charge on any atom is -0.489 e. The van der Waals surface area contributed by atoms with Gasteiger partial charge in [-0.25, -0.2) is 4.79 Å². The van der Waals surface area contributed by atoms with Gasteiger partial charge in [0.2, 0.25) is 5.91 Å². The van der Waals surface area contributed by atoms with Crippen molar-refractivity contribution < 1.29 is 29.5 Å². The molecule has 0 bridgehead atoms. The second kappa shape index (κ2) is 11.9. The monoisotopic (exact) mass is 462 g/mol. The molecule has 1 unspecified atom stereocenters. The number of rotatable bonds is 9. The predicted octanol–water partition coefficient (Wildman–Crippen LogP) is 1.17. The average Bonchev–Trinajstić information content (AvgIpc) is 3.12. The molecular weight excluding hydrogens is 435 g/mol. The van der Waals surface area contributed by atoms with E-state index in [1.54, 1.807) is 12.1 Å². The lowest BCUT2D eigenvalue weighted by Gasteiger charge is -2.18. The van der Waals surface area contributed by atoms with Crippen LogP contribution in [-0.2, 0) is 17.6 Å². The third-order valence-corrected chi connectivity index (χ3v) is 5.25. The number of carboxylic acid groups (broad SMARTS) is 1. The number of carbonyl (C=O) groups excluding carboxylic acids is 1. The van der Waals surface area contributed by atoms with Gasteiger partial charge in [0.05, 0.1) is 17.9 Å². The van der Waals surface area contributed by atoms with E-state index in [2.05, 4.69) is 10.2 Å². The number of benzene rings is 2. The van der Waals surface area contributed by atoms with Gasteiger partial charge in [-0.1, -0.05) is 24.3 Å². The van der Waals surface area contributed by atoms with E-state index in [1.165, 1.54) is 12.1 Å². The Hall–Kier alpha value is -2.59. The Kier molecular flexibility index (Phi) is 9.52. The number of hydrogen-bond acceptors (Lipinski definition) is 6. The number of likely N-dealkylation sites (N-methyl/N-ethyl adjacent to an activating group) is 1. The van der Waals surface area contributed by atoms with Gasteiger partial charge in [0.25, 0.3) is 0 Å². The molecule has 2 atom stereocenters. The van der Waals surface area contributed by atoms with Crippen molar-refractivity contribution in [2.45, 2.75) is 31.3 Å². The van der Waals surface area contributed by atoms with Crippen molar-refractivity contribution in [3.05, 3.63) is 65.2 Å². The molecule has 1 fully saturated rings. The summed E-state index contributed by atoms with van der Waals surface area (Å²) >= 11 is 0. The molecule has 1 aliphatic heterocycles. The normalized spacial score (nSPS) is 16.7.